The van der Waals surface area contributed by atoms with Crippen molar-refractivity contribution >= 4 is 23.4 Å². The van der Waals surface area contributed by atoms with E-state index in [0.29, 0.717) is 17.0 Å². The summed E-state index contributed by atoms with van der Waals surface area (Å²) in [5.41, 5.74) is 2.09. The van der Waals surface area contributed by atoms with Gasteiger partial charge in [0.1, 0.15) is 11.6 Å². The van der Waals surface area contributed by atoms with Gasteiger partial charge >= 0.3 is 0 Å². The van der Waals surface area contributed by atoms with Crippen LogP contribution < -0.4 is 10.1 Å². The molecule has 1 heterocycles. The van der Waals surface area contributed by atoms with Crippen LogP contribution in [0.1, 0.15) is 5.56 Å². The molecule has 0 bridgehead atoms. The van der Waals surface area contributed by atoms with Crippen molar-refractivity contribution < 1.29 is 18.3 Å². The van der Waals surface area contributed by atoms with Crippen molar-refractivity contribution in [1.82, 2.24) is 10.2 Å². The van der Waals surface area contributed by atoms with E-state index in [0.717, 1.165) is 17.3 Å². The molecular weight excluding hydrogens is 357 g/mol. The first-order chi connectivity index (χ1) is 12.5. The van der Waals surface area contributed by atoms with Crippen molar-refractivity contribution in [2.45, 2.75) is 12.1 Å². The van der Waals surface area contributed by atoms with Gasteiger partial charge in [0.15, 0.2) is 0 Å². The lowest BCUT2D eigenvalue weighted by Gasteiger charge is -2.10. The third kappa shape index (κ3) is 4.40. The quantitative estimate of drug-likeness (QED) is 0.660. The molecule has 2 aromatic carbocycles. The van der Waals surface area contributed by atoms with Crippen LogP contribution in [-0.2, 0) is 4.79 Å². The minimum atomic E-state index is -0.388. The summed E-state index contributed by atoms with van der Waals surface area (Å²) in [7, 11) is 1.54. The second kappa shape index (κ2) is 8.01. The maximum atomic E-state index is 13.3. The highest BCUT2D eigenvalue weighted by Gasteiger charge is 2.13. The van der Waals surface area contributed by atoms with Gasteiger partial charge < -0.3 is 14.5 Å². The molecular formula is C18H16FN3O3S. The zero-order valence-electron chi connectivity index (χ0n) is 14.2. The number of hydrogen-bond acceptors (Lipinski definition) is 6. The maximum absolute atomic E-state index is 13.3. The summed E-state index contributed by atoms with van der Waals surface area (Å²) >= 11 is 1.10. The highest BCUT2D eigenvalue weighted by molar-refractivity contribution is 7.99. The number of aromatic nitrogens is 2. The highest BCUT2D eigenvalue weighted by Crippen LogP contribution is 2.27. The molecule has 1 N–H and O–H groups in total. The Labute approximate surface area is 153 Å². The molecule has 0 fully saturated rings. The fourth-order valence-corrected chi connectivity index (χ4v) is 2.80. The molecule has 0 aliphatic carbocycles. The molecule has 0 aliphatic heterocycles. The van der Waals surface area contributed by atoms with Crippen LogP contribution in [0.5, 0.6) is 5.75 Å². The summed E-state index contributed by atoms with van der Waals surface area (Å²) in [5, 5.41) is 10.8. The van der Waals surface area contributed by atoms with Gasteiger partial charge in [-0.2, -0.15) is 0 Å². The smallest absolute Gasteiger partial charge is 0.277 e. The molecule has 0 aliphatic rings. The molecule has 0 atom stereocenters. The SMILES string of the molecule is COc1ccc(C)cc1NC(=O)CSc1nnc(-c2cccc(F)c2)o1. The molecule has 3 rings (SSSR count). The summed E-state index contributed by atoms with van der Waals surface area (Å²) in [6.45, 7) is 1.93. The van der Waals surface area contributed by atoms with Gasteiger partial charge in [-0.05, 0) is 42.8 Å². The largest absolute Gasteiger partial charge is 0.495 e. The Bertz CT molecular complexity index is 930. The lowest BCUT2D eigenvalue weighted by atomic mass is 10.2. The molecule has 0 saturated carbocycles. The number of nitrogens with zero attached hydrogens (tertiary/aromatic N) is 2. The maximum Gasteiger partial charge on any atom is 0.277 e. The summed E-state index contributed by atoms with van der Waals surface area (Å²) in [5.74, 6) is 0.251. The fourth-order valence-electron chi connectivity index (χ4n) is 2.24. The zero-order valence-corrected chi connectivity index (χ0v) is 15.0. The highest BCUT2D eigenvalue weighted by atomic mass is 32.2. The van der Waals surface area contributed by atoms with E-state index in [4.69, 9.17) is 9.15 Å². The van der Waals surface area contributed by atoms with Crippen molar-refractivity contribution in [2.75, 3.05) is 18.2 Å². The molecule has 3 aromatic rings. The fraction of sp³-hybridized carbons (Fsp3) is 0.167. The van der Waals surface area contributed by atoms with Crippen molar-refractivity contribution in [3.63, 3.8) is 0 Å². The topological polar surface area (TPSA) is 77.2 Å². The molecule has 0 spiro atoms. The van der Waals surface area contributed by atoms with Crippen molar-refractivity contribution in [3.05, 3.63) is 53.8 Å². The van der Waals surface area contributed by atoms with Gasteiger partial charge in [-0.15, -0.1) is 10.2 Å². The van der Waals surface area contributed by atoms with Gasteiger partial charge in [-0.25, -0.2) is 4.39 Å². The predicted octanol–water partition coefficient (Wildman–Crippen LogP) is 3.92. The van der Waals surface area contributed by atoms with E-state index < -0.39 is 0 Å². The minimum absolute atomic E-state index is 0.0852. The number of carbonyl (C=O) groups excluding carboxylic acids is 1. The zero-order chi connectivity index (χ0) is 18.5. The van der Waals surface area contributed by atoms with Gasteiger partial charge in [-0.3, -0.25) is 4.79 Å². The van der Waals surface area contributed by atoms with Gasteiger partial charge in [0, 0.05) is 5.56 Å². The lowest BCUT2D eigenvalue weighted by molar-refractivity contribution is -0.113. The summed E-state index contributed by atoms with van der Waals surface area (Å²) in [6.07, 6.45) is 0. The first kappa shape index (κ1) is 17.9. The molecule has 8 heteroatoms. The van der Waals surface area contributed by atoms with Crippen LogP contribution in [0.25, 0.3) is 11.5 Å². The Morgan fingerprint density at radius 1 is 1.27 bits per heavy atom. The second-order valence-electron chi connectivity index (χ2n) is 5.42. The predicted molar refractivity (Wildman–Crippen MR) is 96.8 cm³/mol. The van der Waals surface area contributed by atoms with E-state index in [2.05, 4.69) is 15.5 Å². The minimum Gasteiger partial charge on any atom is -0.495 e. The standard InChI is InChI=1S/C18H16FN3O3S/c1-11-6-7-15(24-2)14(8-11)20-16(23)10-26-18-22-21-17(25-18)12-4-3-5-13(19)9-12/h3-9H,10H2,1-2H3,(H,20,23). The van der Waals surface area contributed by atoms with E-state index in [1.807, 2.05) is 19.1 Å². The number of amides is 1. The molecule has 6 nitrogen and oxygen atoms in total. The van der Waals surface area contributed by atoms with Crippen LogP contribution in [-0.4, -0.2) is 29.0 Å². The Morgan fingerprint density at radius 2 is 2.12 bits per heavy atom. The Hall–Kier alpha value is -2.87. The number of rotatable bonds is 6. The van der Waals surface area contributed by atoms with Crippen molar-refractivity contribution in [1.29, 1.82) is 0 Å². The average molecular weight is 373 g/mol. The summed E-state index contributed by atoms with van der Waals surface area (Å²) < 4.78 is 23.9. The Kier molecular flexibility index (Phi) is 5.52. The first-order valence-corrected chi connectivity index (χ1v) is 8.70. The molecule has 1 amide bonds. The van der Waals surface area contributed by atoms with E-state index in [-0.39, 0.29) is 28.6 Å². The molecule has 0 radical (unpaired) electrons. The second-order valence-corrected chi connectivity index (χ2v) is 6.35. The van der Waals surface area contributed by atoms with Crippen LogP contribution in [0.15, 0.2) is 52.1 Å². The average Bonchev–Trinajstić information content (AvgIpc) is 3.09. The molecule has 26 heavy (non-hydrogen) atoms. The Morgan fingerprint density at radius 3 is 2.88 bits per heavy atom. The van der Waals surface area contributed by atoms with Gasteiger partial charge in [0.05, 0.1) is 18.6 Å². The van der Waals surface area contributed by atoms with E-state index in [1.54, 1.807) is 25.3 Å². The number of nitrogens with one attached hydrogen (secondary N) is 1. The van der Waals surface area contributed by atoms with Crippen LogP contribution in [0.4, 0.5) is 10.1 Å². The van der Waals surface area contributed by atoms with Crippen LogP contribution in [0.3, 0.4) is 0 Å². The van der Waals surface area contributed by atoms with Gasteiger partial charge in [0.25, 0.3) is 5.22 Å². The number of carbonyl (C=O) groups is 1. The van der Waals surface area contributed by atoms with Crippen molar-refractivity contribution in [2.24, 2.45) is 0 Å². The molecule has 0 unspecified atom stereocenters. The number of anilines is 1. The Balaban J connectivity index is 1.61. The molecule has 0 saturated heterocycles. The van der Waals surface area contributed by atoms with Crippen LogP contribution in [0, 0.1) is 12.7 Å². The van der Waals surface area contributed by atoms with Gasteiger partial charge in [0.2, 0.25) is 11.8 Å². The number of hydrogen-bond donors (Lipinski definition) is 1. The number of halogens is 1. The summed E-state index contributed by atoms with van der Waals surface area (Å²) in [4.78, 5) is 12.2. The van der Waals surface area contributed by atoms with Crippen LogP contribution >= 0.6 is 11.8 Å². The first-order valence-electron chi connectivity index (χ1n) is 7.72. The lowest BCUT2D eigenvalue weighted by Crippen LogP contribution is -2.14. The molecule has 1 aromatic heterocycles. The monoisotopic (exact) mass is 373 g/mol. The third-order valence-electron chi connectivity index (χ3n) is 3.43. The summed E-state index contributed by atoms with van der Waals surface area (Å²) in [6, 6.07) is 11.4. The number of aryl methyl sites for hydroxylation is 1. The molecule has 134 valence electrons. The number of benzene rings is 2. The van der Waals surface area contributed by atoms with Crippen LogP contribution in [0.2, 0.25) is 0 Å². The number of methoxy groups -OCH3 is 1. The normalized spacial score (nSPS) is 10.6. The third-order valence-corrected chi connectivity index (χ3v) is 4.25. The van der Waals surface area contributed by atoms with E-state index in [1.165, 1.54) is 12.1 Å². The number of ether oxygens (including phenoxy) is 1. The van der Waals surface area contributed by atoms with Gasteiger partial charge in [-0.1, -0.05) is 23.9 Å². The number of thioether (sulfide) groups is 1. The van der Waals surface area contributed by atoms with E-state index in [9.17, 15) is 9.18 Å². The van der Waals surface area contributed by atoms with E-state index >= 15 is 0 Å². The van der Waals surface area contributed by atoms with Crippen molar-refractivity contribution in [3.8, 4) is 17.2 Å².